The Bertz CT molecular complexity index is 637. The van der Waals surface area contributed by atoms with Gasteiger partial charge in [-0.1, -0.05) is 47.6 Å². The molecule has 1 aliphatic rings. The summed E-state index contributed by atoms with van der Waals surface area (Å²) in [5.74, 6) is 0.559. The van der Waals surface area contributed by atoms with Gasteiger partial charge in [0.2, 0.25) is 0 Å². The van der Waals surface area contributed by atoms with E-state index in [9.17, 15) is 5.11 Å². The van der Waals surface area contributed by atoms with Crippen molar-refractivity contribution in [2.75, 3.05) is 7.11 Å². The Balaban J connectivity index is 1.83. The summed E-state index contributed by atoms with van der Waals surface area (Å²) in [4.78, 5) is 5.46. The van der Waals surface area contributed by atoms with Crippen molar-refractivity contribution in [1.82, 2.24) is 0 Å². The van der Waals surface area contributed by atoms with Gasteiger partial charge < -0.3 is 14.7 Å². The minimum Gasteiger partial charge on any atom is -0.504 e. The van der Waals surface area contributed by atoms with Crippen LogP contribution < -0.4 is 4.74 Å². The minimum atomic E-state index is -0.277. The third kappa shape index (κ3) is 2.20. The molecule has 20 heavy (non-hydrogen) atoms. The topological polar surface area (TPSA) is 51.0 Å². The number of aromatic hydroxyl groups is 1. The van der Waals surface area contributed by atoms with E-state index < -0.39 is 0 Å². The lowest BCUT2D eigenvalue weighted by molar-refractivity contribution is 0.0835. The van der Waals surface area contributed by atoms with E-state index in [0.29, 0.717) is 17.7 Å². The molecule has 1 aliphatic heterocycles. The number of hydrogen-bond acceptors (Lipinski definition) is 4. The Morgan fingerprint density at radius 3 is 2.70 bits per heavy atom. The van der Waals surface area contributed by atoms with E-state index >= 15 is 0 Å². The predicted molar refractivity (Wildman–Crippen MR) is 76.1 cm³/mol. The summed E-state index contributed by atoms with van der Waals surface area (Å²) in [5.41, 5.74) is 2.62. The molecule has 4 heteroatoms. The molecule has 2 aromatic carbocycles. The summed E-state index contributed by atoms with van der Waals surface area (Å²) >= 11 is 0. The number of hydrogen-bond donors (Lipinski definition) is 1. The SMILES string of the molecule is COc1cccc([C@H]2CC(c3ccccc3)=NO2)c1O. The molecule has 0 fully saturated rings. The van der Waals surface area contributed by atoms with Gasteiger partial charge in [0, 0.05) is 12.0 Å². The lowest BCUT2D eigenvalue weighted by Crippen LogP contribution is -2.02. The second-order valence-corrected chi connectivity index (χ2v) is 4.60. The van der Waals surface area contributed by atoms with Crippen LogP contribution in [0.1, 0.15) is 23.7 Å². The number of benzene rings is 2. The summed E-state index contributed by atoms with van der Waals surface area (Å²) in [7, 11) is 1.53. The van der Waals surface area contributed by atoms with Gasteiger partial charge in [-0.2, -0.15) is 0 Å². The monoisotopic (exact) mass is 269 g/mol. The molecule has 102 valence electrons. The zero-order chi connectivity index (χ0) is 13.9. The first kappa shape index (κ1) is 12.5. The number of ether oxygens (including phenoxy) is 1. The number of rotatable bonds is 3. The van der Waals surface area contributed by atoms with Crippen LogP contribution in [0.4, 0.5) is 0 Å². The molecule has 0 saturated heterocycles. The van der Waals surface area contributed by atoms with E-state index in [1.165, 1.54) is 7.11 Å². The molecular formula is C16H15NO3. The largest absolute Gasteiger partial charge is 0.504 e. The fourth-order valence-electron chi connectivity index (χ4n) is 2.31. The minimum absolute atomic E-state index is 0.115. The number of oxime groups is 1. The van der Waals surface area contributed by atoms with Gasteiger partial charge in [0.05, 0.1) is 12.8 Å². The molecule has 0 amide bonds. The Kier molecular flexibility index (Phi) is 3.29. The number of phenols is 1. The van der Waals surface area contributed by atoms with Crippen molar-refractivity contribution in [2.24, 2.45) is 5.16 Å². The molecule has 0 spiro atoms. The van der Waals surface area contributed by atoms with Crippen molar-refractivity contribution in [3.8, 4) is 11.5 Å². The highest BCUT2D eigenvalue weighted by molar-refractivity contribution is 6.01. The van der Waals surface area contributed by atoms with Gasteiger partial charge in [0.1, 0.15) is 0 Å². The Morgan fingerprint density at radius 1 is 1.15 bits per heavy atom. The molecule has 0 unspecified atom stereocenters. The lowest BCUT2D eigenvalue weighted by Gasteiger charge is -2.12. The van der Waals surface area contributed by atoms with E-state index in [4.69, 9.17) is 9.57 Å². The molecule has 1 N–H and O–H groups in total. The first-order chi connectivity index (χ1) is 9.79. The molecule has 0 saturated carbocycles. The molecule has 0 aliphatic carbocycles. The first-order valence-corrected chi connectivity index (χ1v) is 6.43. The Labute approximate surface area is 117 Å². The quantitative estimate of drug-likeness (QED) is 0.930. The number of phenolic OH excluding ortho intramolecular Hbond substituents is 1. The molecule has 4 nitrogen and oxygen atoms in total. The van der Waals surface area contributed by atoms with Gasteiger partial charge in [0.15, 0.2) is 17.6 Å². The van der Waals surface area contributed by atoms with Crippen LogP contribution >= 0.6 is 0 Å². The van der Waals surface area contributed by atoms with Crippen molar-refractivity contribution in [2.45, 2.75) is 12.5 Å². The summed E-state index contributed by atoms with van der Waals surface area (Å²) in [6, 6.07) is 15.3. The van der Waals surface area contributed by atoms with Crippen LogP contribution in [0.5, 0.6) is 11.5 Å². The van der Waals surface area contributed by atoms with E-state index in [-0.39, 0.29) is 11.9 Å². The van der Waals surface area contributed by atoms with Crippen molar-refractivity contribution in [3.05, 3.63) is 59.7 Å². The lowest BCUT2D eigenvalue weighted by atomic mass is 9.99. The highest BCUT2D eigenvalue weighted by atomic mass is 16.6. The van der Waals surface area contributed by atoms with Crippen LogP contribution in [0.2, 0.25) is 0 Å². The van der Waals surface area contributed by atoms with Gasteiger partial charge >= 0.3 is 0 Å². The van der Waals surface area contributed by atoms with Crippen LogP contribution in [0.25, 0.3) is 0 Å². The highest BCUT2D eigenvalue weighted by Crippen LogP contribution is 2.39. The maximum absolute atomic E-state index is 10.2. The van der Waals surface area contributed by atoms with E-state index in [1.54, 1.807) is 6.07 Å². The average Bonchev–Trinajstić information content (AvgIpc) is 2.98. The average molecular weight is 269 g/mol. The summed E-state index contributed by atoms with van der Waals surface area (Å²) in [6.07, 6.45) is 0.352. The third-order valence-electron chi connectivity index (χ3n) is 3.37. The van der Waals surface area contributed by atoms with Crippen LogP contribution in [-0.2, 0) is 4.84 Å². The van der Waals surface area contributed by atoms with E-state index in [0.717, 1.165) is 11.3 Å². The van der Waals surface area contributed by atoms with Crippen molar-refractivity contribution in [1.29, 1.82) is 0 Å². The molecule has 0 bridgehead atoms. The molecule has 0 radical (unpaired) electrons. The molecule has 2 aromatic rings. The van der Waals surface area contributed by atoms with Crippen LogP contribution in [-0.4, -0.2) is 17.9 Å². The third-order valence-corrected chi connectivity index (χ3v) is 3.37. The van der Waals surface area contributed by atoms with E-state index in [1.807, 2.05) is 42.5 Å². The van der Waals surface area contributed by atoms with Crippen molar-refractivity contribution >= 4 is 5.71 Å². The van der Waals surface area contributed by atoms with Crippen molar-refractivity contribution < 1.29 is 14.7 Å². The number of methoxy groups -OCH3 is 1. The van der Waals surface area contributed by atoms with Crippen LogP contribution in [0.15, 0.2) is 53.7 Å². The summed E-state index contributed by atoms with van der Waals surface area (Å²) in [6.45, 7) is 0. The van der Waals surface area contributed by atoms with Crippen LogP contribution in [0, 0.1) is 0 Å². The Morgan fingerprint density at radius 2 is 1.95 bits per heavy atom. The van der Waals surface area contributed by atoms with Gasteiger partial charge in [-0.25, -0.2) is 0 Å². The maximum atomic E-state index is 10.2. The normalized spacial score (nSPS) is 17.4. The van der Waals surface area contributed by atoms with Gasteiger partial charge in [-0.15, -0.1) is 0 Å². The van der Waals surface area contributed by atoms with Gasteiger partial charge in [-0.05, 0) is 11.6 Å². The van der Waals surface area contributed by atoms with E-state index in [2.05, 4.69) is 5.16 Å². The smallest absolute Gasteiger partial charge is 0.164 e. The van der Waals surface area contributed by atoms with Crippen LogP contribution in [0.3, 0.4) is 0 Å². The number of para-hydroxylation sites is 1. The zero-order valence-corrected chi connectivity index (χ0v) is 11.1. The molecule has 3 rings (SSSR count). The van der Waals surface area contributed by atoms with Gasteiger partial charge in [0.25, 0.3) is 0 Å². The summed E-state index contributed by atoms with van der Waals surface area (Å²) in [5, 5.41) is 14.3. The fraction of sp³-hybridized carbons (Fsp3) is 0.188. The standard InChI is InChI=1S/C16H15NO3/c1-19-14-9-5-8-12(16(14)18)15-10-13(17-20-15)11-6-3-2-4-7-11/h2-9,15,18H,10H2,1H3/t15-/m1/s1. The maximum Gasteiger partial charge on any atom is 0.164 e. The molecule has 1 atom stereocenters. The molecule has 0 aromatic heterocycles. The molecule has 1 heterocycles. The second kappa shape index (κ2) is 5.25. The summed E-state index contributed by atoms with van der Waals surface area (Å²) < 4.78 is 5.11. The zero-order valence-electron chi connectivity index (χ0n) is 11.1. The predicted octanol–water partition coefficient (Wildman–Crippen LogP) is 3.27. The van der Waals surface area contributed by atoms with Crippen molar-refractivity contribution in [3.63, 3.8) is 0 Å². The fourth-order valence-corrected chi connectivity index (χ4v) is 2.31. The number of nitrogens with zero attached hydrogens (tertiary/aromatic N) is 1. The first-order valence-electron chi connectivity index (χ1n) is 6.43. The van der Waals surface area contributed by atoms with Gasteiger partial charge in [-0.3, -0.25) is 0 Å². The molecular weight excluding hydrogens is 254 g/mol. The Hall–Kier alpha value is -2.49. The highest BCUT2D eigenvalue weighted by Gasteiger charge is 2.27. The second-order valence-electron chi connectivity index (χ2n) is 4.60.